The number of hydrogen-bond acceptors (Lipinski definition) is 5. The maximum absolute atomic E-state index is 12.2. The van der Waals surface area contributed by atoms with Gasteiger partial charge in [-0.2, -0.15) is 0 Å². The predicted octanol–water partition coefficient (Wildman–Crippen LogP) is 2.07. The van der Waals surface area contributed by atoms with Gasteiger partial charge in [0.1, 0.15) is 0 Å². The lowest BCUT2D eigenvalue weighted by Crippen LogP contribution is -2.07. The third-order valence-corrected chi connectivity index (χ3v) is 4.35. The highest BCUT2D eigenvalue weighted by atomic mass is 32.2. The number of rotatable bonds is 5. The fourth-order valence-electron chi connectivity index (χ4n) is 1.79. The summed E-state index contributed by atoms with van der Waals surface area (Å²) in [5, 5.41) is 0.0646. The minimum atomic E-state index is -3.47. The van der Waals surface area contributed by atoms with E-state index in [1.54, 1.807) is 30.3 Å². The van der Waals surface area contributed by atoms with Crippen LogP contribution in [-0.4, -0.2) is 27.6 Å². The molecule has 0 atom stereocenters. The molecule has 0 aliphatic heterocycles. The Bertz CT molecular complexity index is 684. The predicted molar refractivity (Wildman–Crippen MR) is 74.7 cm³/mol. The number of pyridine rings is 1. The summed E-state index contributed by atoms with van der Waals surface area (Å²) in [7, 11) is -0.427. The van der Waals surface area contributed by atoms with Gasteiger partial charge in [-0.05, 0) is 29.8 Å². The highest BCUT2D eigenvalue weighted by molar-refractivity contribution is 7.90. The van der Waals surface area contributed by atoms with Crippen molar-refractivity contribution >= 4 is 9.84 Å². The zero-order valence-corrected chi connectivity index (χ0v) is 12.1. The number of methoxy groups -OCH3 is 2. The molecule has 0 fully saturated rings. The quantitative estimate of drug-likeness (QED) is 0.844. The van der Waals surface area contributed by atoms with Gasteiger partial charge < -0.3 is 9.47 Å². The summed E-state index contributed by atoms with van der Waals surface area (Å²) in [6.45, 7) is 0. The Balaban J connectivity index is 2.30. The zero-order valence-electron chi connectivity index (χ0n) is 11.2. The lowest BCUT2D eigenvalue weighted by Gasteiger charge is -2.09. The second kappa shape index (κ2) is 5.92. The van der Waals surface area contributed by atoms with E-state index < -0.39 is 9.84 Å². The molecule has 1 aromatic carbocycles. The second-order valence-electron chi connectivity index (χ2n) is 4.12. The molecule has 0 saturated heterocycles. The van der Waals surface area contributed by atoms with Crippen molar-refractivity contribution in [3.8, 4) is 11.5 Å². The maximum atomic E-state index is 12.2. The van der Waals surface area contributed by atoms with E-state index in [1.807, 2.05) is 0 Å². The average molecular weight is 293 g/mol. The van der Waals surface area contributed by atoms with Gasteiger partial charge in [0.15, 0.2) is 26.4 Å². The molecular formula is C14H15NO4S. The summed E-state index contributed by atoms with van der Waals surface area (Å²) in [5.41, 5.74) is 0.619. The van der Waals surface area contributed by atoms with Gasteiger partial charge in [-0.15, -0.1) is 0 Å². The lowest BCUT2D eigenvalue weighted by atomic mass is 10.2. The van der Waals surface area contributed by atoms with E-state index in [1.165, 1.54) is 26.5 Å². The molecule has 106 valence electrons. The van der Waals surface area contributed by atoms with Crippen molar-refractivity contribution in [1.29, 1.82) is 0 Å². The standard InChI is InChI=1S/C14H15NO4S/c1-18-12-7-6-11(9-13(12)19-2)10-20(16,17)14-5-3-4-8-15-14/h3-9H,10H2,1-2H3. The first kappa shape index (κ1) is 14.3. The van der Waals surface area contributed by atoms with E-state index in [0.717, 1.165) is 0 Å². The Morgan fingerprint density at radius 1 is 1.05 bits per heavy atom. The summed E-state index contributed by atoms with van der Waals surface area (Å²) in [6.07, 6.45) is 1.46. The van der Waals surface area contributed by atoms with E-state index in [4.69, 9.17) is 9.47 Å². The van der Waals surface area contributed by atoms with Crippen LogP contribution in [0.1, 0.15) is 5.56 Å². The highest BCUT2D eigenvalue weighted by Gasteiger charge is 2.17. The Morgan fingerprint density at radius 3 is 2.40 bits per heavy atom. The molecular weight excluding hydrogens is 278 g/mol. The molecule has 2 aromatic rings. The van der Waals surface area contributed by atoms with Crippen molar-refractivity contribution in [2.24, 2.45) is 0 Å². The number of nitrogens with zero attached hydrogens (tertiary/aromatic N) is 1. The van der Waals surface area contributed by atoms with Crippen LogP contribution in [0.3, 0.4) is 0 Å². The Morgan fingerprint density at radius 2 is 1.80 bits per heavy atom. The van der Waals surface area contributed by atoms with E-state index in [2.05, 4.69) is 4.98 Å². The Labute approximate surface area is 118 Å². The first-order chi connectivity index (χ1) is 9.56. The molecule has 20 heavy (non-hydrogen) atoms. The van der Waals surface area contributed by atoms with Gasteiger partial charge in [0, 0.05) is 6.20 Å². The largest absolute Gasteiger partial charge is 0.493 e. The Hall–Kier alpha value is -2.08. The van der Waals surface area contributed by atoms with Crippen molar-refractivity contribution < 1.29 is 17.9 Å². The molecule has 0 aliphatic rings. The van der Waals surface area contributed by atoms with Crippen LogP contribution in [-0.2, 0) is 15.6 Å². The summed E-state index contributed by atoms with van der Waals surface area (Å²) >= 11 is 0. The van der Waals surface area contributed by atoms with Crippen LogP contribution in [0.15, 0.2) is 47.6 Å². The van der Waals surface area contributed by atoms with E-state index in [9.17, 15) is 8.42 Å². The van der Waals surface area contributed by atoms with Gasteiger partial charge in [0.05, 0.1) is 20.0 Å². The van der Waals surface area contributed by atoms with Crippen LogP contribution in [0.25, 0.3) is 0 Å². The monoisotopic (exact) mass is 293 g/mol. The third kappa shape index (κ3) is 3.08. The number of sulfone groups is 1. The fraction of sp³-hybridized carbons (Fsp3) is 0.214. The minimum Gasteiger partial charge on any atom is -0.493 e. The maximum Gasteiger partial charge on any atom is 0.199 e. The number of ether oxygens (including phenoxy) is 2. The van der Waals surface area contributed by atoms with Crippen LogP contribution in [0.2, 0.25) is 0 Å². The molecule has 0 bridgehead atoms. The molecule has 1 heterocycles. The van der Waals surface area contributed by atoms with Crippen molar-refractivity contribution in [1.82, 2.24) is 4.98 Å². The van der Waals surface area contributed by atoms with Crippen LogP contribution in [0.5, 0.6) is 11.5 Å². The van der Waals surface area contributed by atoms with Gasteiger partial charge in [-0.25, -0.2) is 13.4 Å². The molecule has 0 saturated carbocycles. The summed E-state index contributed by atoms with van der Waals surface area (Å²) in [5.74, 6) is 0.928. The molecule has 0 aliphatic carbocycles. The molecule has 1 aromatic heterocycles. The fourth-order valence-corrected chi connectivity index (χ4v) is 3.07. The smallest absolute Gasteiger partial charge is 0.199 e. The van der Waals surface area contributed by atoms with Gasteiger partial charge in [0.2, 0.25) is 0 Å². The number of aromatic nitrogens is 1. The van der Waals surface area contributed by atoms with Crippen LogP contribution >= 0.6 is 0 Å². The van der Waals surface area contributed by atoms with Gasteiger partial charge in [-0.1, -0.05) is 12.1 Å². The van der Waals surface area contributed by atoms with Crippen LogP contribution in [0, 0.1) is 0 Å². The molecule has 0 amide bonds. The Kier molecular flexibility index (Phi) is 4.24. The van der Waals surface area contributed by atoms with Crippen molar-refractivity contribution in [3.05, 3.63) is 48.2 Å². The van der Waals surface area contributed by atoms with Crippen molar-refractivity contribution in [2.75, 3.05) is 14.2 Å². The highest BCUT2D eigenvalue weighted by Crippen LogP contribution is 2.28. The summed E-state index contributed by atoms with van der Waals surface area (Å²) < 4.78 is 34.7. The summed E-state index contributed by atoms with van der Waals surface area (Å²) in [4.78, 5) is 3.88. The molecule has 5 nitrogen and oxygen atoms in total. The number of hydrogen-bond donors (Lipinski definition) is 0. The van der Waals surface area contributed by atoms with Gasteiger partial charge in [0.25, 0.3) is 0 Å². The van der Waals surface area contributed by atoms with E-state index in [0.29, 0.717) is 17.1 Å². The first-order valence-corrected chi connectivity index (χ1v) is 7.57. The third-order valence-electron chi connectivity index (χ3n) is 2.76. The van der Waals surface area contributed by atoms with Gasteiger partial charge in [-0.3, -0.25) is 0 Å². The average Bonchev–Trinajstić information content (AvgIpc) is 2.47. The van der Waals surface area contributed by atoms with Crippen molar-refractivity contribution in [2.45, 2.75) is 10.8 Å². The molecule has 0 unspecified atom stereocenters. The summed E-state index contributed by atoms with van der Waals surface area (Å²) in [6, 6.07) is 9.84. The lowest BCUT2D eigenvalue weighted by molar-refractivity contribution is 0.354. The SMILES string of the molecule is COc1ccc(CS(=O)(=O)c2ccccn2)cc1OC. The molecule has 0 N–H and O–H groups in total. The van der Waals surface area contributed by atoms with Crippen molar-refractivity contribution in [3.63, 3.8) is 0 Å². The van der Waals surface area contributed by atoms with E-state index in [-0.39, 0.29) is 10.8 Å². The second-order valence-corrected chi connectivity index (χ2v) is 6.05. The molecule has 0 spiro atoms. The topological polar surface area (TPSA) is 65.5 Å². The molecule has 0 radical (unpaired) electrons. The van der Waals surface area contributed by atoms with E-state index >= 15 is 0 Å². The van der Waals surface area contributed by atoms with Gasteiger partial charge >= 0.3 is 0 Å². The molecule has 6 heteroatoms. The first-order valence-electron chi connectivity index (χ1n) is 5.91. The number of benzene rings is 1. The van der Waals surface area contributed by atoms with Crippen LogP contribution in [0.4, 0.5) is 0 Å². The normalized spacial score (nSPS) is 11.1. The molecule has 2 rings (SSSR count). The van der Waals surface area contributed by atoms with Crippen LogP contribution < -0.4 is 9.47 Å². The minimum absolute atomic E-state index is 0.0646. The zero-order chi connectivity index (χ0) is 14.6.